The van der Waals surface area contributed by atoms with E-state index < -0.39 is 12.8 Å². The zero-order chi connectivity index (χ0) is 21.6. The number of halogens is 3. The van der Waals surface area contributed by atoms with E-state index in [1.54, 1.807) is 16.9 Å². The molecular formula is C19H25F3N6O2. The monoisotopic (exact) mass is 426 g/mol. The third kappa shape index (κ3) is 6.34. The summed E-state index contributed by atoms with van der Waals surface area (Å²) in [6.45, 7) is 3.57. The van der Waals surface area contributed by atoms with E-state index in [0.29, 0.717) is 32.8 Å². The zero-order valence-corrected chi connectivity index (χ0v) is 16.9. The van der Waals surface area contributed by atoms with Crippen molar-refractivity contribution < 1.29 is 22.6 Å². The Bertz CT molecular complexity index is 838. The SMILES string of the molecule is CCNC(=NCc1ccc(OCC(F)(F)F)nc1)N1CCOC(c2cnn(C)c2)C1. The number of alkyl halides is 3. The van der Waals surface area contributed by atoms with Gasteiger partial charge >= 0.3 is 6.18 Å². The average Bonchev–Trinajstić information content (AvgIpc) is 3.16. The number of guanidine groups is 1. The molecule has 0 aromatic carbocycles. The molecule has 2 aromatic rings. The van der Waals surface area contributed by atoms with Gasteiger partial charge in [0.25, 0.3) is 0 Å². The van der Waals surface area contributed by atoms with Crippen molar-refractivity contribution in [2.24, 2.45) is 12.0 Å². The molecule has 0 bridgehead atoms. The minimum Gasteiger partial charge on any atom is -0.468 e. The molecule has 0 spiro atoms. The number of nitrogens with zero attached hydrogens (tertiary/aromatic N) is 5. The molecule has 1 fully saturated rings. The van der Waals surface area contributed by atoms with Gasteiger partial charge < -0.3 is 19.7 Å². The van der Waals surface area contributed by atoms with E-state index in [4.69, 9.17) is 4.74 Å². The highest BCUT2D eigenvalue weighted by atomic mass is 19.4. The zero-order valence-electron chi connectivity index (χ0n) is 16.9. The normalized spacial score (nSPS) is 17.8. The Hall–Kier alpha value is -2.82. The predicted octanol–water partition coefficient (Wildman–Crippen LogP) is 2.30. The number of aliphatic imine (C=N–C) groups is 1. The summed E-state index contributed by atoms with van der Waals surface area (Å²) in [6, 6.07) is 3.07. The summed E-state index contributed by atoms with van der Waals surface area (Å²) in [4.78, 5) is 10.7. The van der Waals surface area contributed by atoms with Gasteiger partial charge in [0.05, 0.1) is 25.9 Å². The van der Waals surface area contributed by atoms with Gasteiger partial charge in [-0.3, -0.25) is 4.68 Å². The van der Waals surface area contributed by atoms with E-state index in [0.717, 1.165) is 17.1 Å². The Morgan fingerprint density at radius 2 is 2.20 bits per heavy atom. The second-order valence-electron chi connectivity index (χ2n) is 6.83. The highest BCUT2D eigenvalue weighted by molar-refractivity contribution is 5.80. The number of hydrogen-bond acceptors (Lipinski definition) is 5. The smallest absolute Gasteiger partial charge is 0.422 e. The van der Waals surface area contributed by atoms with Gasteiger partial charge in [0, 0.05) is 44.2 Å². The van der Waals surface area contributed by atoms with Crippen LogP contribution in [0.2, 0.25) is 0 Å². The maximum absolute atomic E-state index is 12.2. The summed E-state index contributed by atoms with van der Waals surface area (Å²) in [5.74, 6) is 0.673. The summed E-state index contributed by atoms with van der Waals surface area (Å²) in [6.07, 6.45) is 0.717. The van der Waals surface area contributed by atoms with Gasteiger partial charge in [-0.1, -0.05) is 6.07 Å². The van der Waals surface area contributed by atoms with Crippen LogP contribution in [-0.4, -0.2) is 64.6 Å². The van der Waals surface area contributed by atoms with Crippen LogP contribution in [0.5, 0.6) is 5.88 Å². The molecule has 8 nitrogen and oxygen atoms in total. The molecule has 2 aromatic heterocycles. The molecule has 30 heavy (non-hydrogen) atoms. The molecule has 1 atom stereocenters. The van der Waals surface area contributed by atoms with Gasteiger partial charge in [0.15, 0.2) is 12.6 Å². The van der Waals surface area contributed by atoms with Crippen molar-refractivity contribution in [3.63, 3.8) is 0 Å². The van der Waals surface area contributed by atoms with Gasteiger partial charge in [-0.15, -0.1) is 0 Å². The van der Waals surface area contributed by atoms with Crippen molar-refractivity contribution in [1.82, 2.24) is 25.0 Å². The highest BCUT2D eigenvalue weighted by Crippen LogP contribution is 2.22. The first kappa shape index (κ1) is 21.9. The van der Waals surface area contributed by atoms with Crippen LogP contribution < -0.4 is 10.1 Å². The quantitative estimate of drug-likeness (QED) is 0.564. The Morgan fingerprint density at radius 1 is 1.37 bits per heavy atom. The fraction of sp³-hybridized carbons (Fsp3) is 0.526. The third-order valence-electron chi connectivity index (χ3n) is 4.39. The predicted molar refractivity (Wildman–Crippen MR) is 104 cm³/mol. The van der Waals surface area contributed by atoms with E-state index in [1.165, 1.54) is 12.3 Å². The number of aryl methyl sites for hydroxylation is 1. The summed E-state index contributed by atoms with van der Waals surface area (Å²) in [5.41, 5.74) is 1.78. The molecule has 0 radical (unpaired) electrons. The van der Waals surface area contributed by atoms with Crippen molar-refractivity contribution in [2.45, 2.75) is 25.7 Å². The van der Waals surface area contributed by atoms with Crippen LogP contribution in [0.25, 0.3) is 0 Å². The minimum absolute atomic E-state index is 0.0700. The second kappa shape index (κ2) is 9.79. The summed E-state index contributed by atoms with van der Waals surface area (Å²) >= 11 is 0. The number of pyridine rings is 1. The van der Waals surface area contributed by atoms with Crippen LogP contribution in [-0.2, 0) is 18.3 Å². The highest BCUT2D eigenvalue weighted by Gasteiger charge is 2.28. The summed E-state index contributed by atoms with van der Waals surface area (Å²) in [5, 5.41) is 7.48. The van der Waals surface area contributed by atoms with Crippen LogP contribution in [0.4, 0.5) is 13.2 Å². The van der Waals surface area contributed by atoms with Crippen molar-refractivity contribution in [3.8, 4) is 5.88 Å². The van der Waals surface area contributed by atoms with E-state index >= 15 is 0 Å². The molecule has 1 saturated heterocycles. The number of nitrogens with one attached hydrogen (secondary N) is 1. The first-order chi connectivity index (χ1) is 14.3. The van der Waals surface area contributed by atoms with Crippen LogP contribution in [0.3, 0.4) is 0 Å². The van der Waals surface area contributed by atoms with E-state index in [-0.39, 0.29) is 12.0 Å². The van der Waals surface area contributed by atoms with Crippen LogP contribution in [0.15, 0.2) is 35.7 Å². The maximum Gasteiger partial charge on any atom is 0.422 e. The lowest BCUT2D eigenvalue weighted by atomic mass is 10.1. The minimum atomic E-state index is -4.39. The summed E-state index contributed by atoms with van der Waals surface area (Å²) in [7, 11) is 1.86. The number of hydrogen-bond donors (Lipinski definition) is 1. The molecule has 1 unspecified atom stereocenters. The molecule has 3 heterocycles. The van der Waals surface area contributed by atoms with E-state index in [9.17, 15) is 13.2 Å². The molecule has 0 amide bonds. The molecule has 1 N–H and O–H groups in total. The third-order valence-corrected chi connectivity index (χ3v) is 4.39. The molecular weight excluding hydrogens is 401 g/mol. The molecule has 0 saturated carbocycles. The maximum atomic E-state index is 12.2. The molecule has 1 aliphatic rings. The number of morpholine rings is 1. The second-order valence-corrected chi connectivity index (χ2v) is 6.83. The number of rotatable bonds is 6. The molecule has 1 aliphatic heterocycles. The summed E-state index contributed by atoms with van der Waals surface area (Å²) < 4.78 is 48.9. The van der Waals surface area contributed by atoms with Crippen molar-refractivity contribution in [2.75, 3.05) is 32.8 Å². The average molecular weight is 426 g/mol. The fourth-order valence-corrected chi connectivity index (χ4v) is 2.99. The largest absolute Gasteiger partial charge is 0.468 e. The topological polar surface area (TPSA) is 76.8 Å². The van der Waals surface area contributed by atoms with Gasteiger partial charge in [0.1, 0.15) is 6.10 Å². The Kier molecular flexibility index (Phi) is 7.14. The van der Waals surface area contributed by atoms with Gasteiger partial charge in [-0.2, -0.15) is 18.3 Å². The number of aromatic nitrogens is 3. The van der Waals surface area contributed by atoms with Crippen LogP contribution in [0.1, 0.15) is 24.2 Å². The lowest BCUT2D eigenvalue weighted by Gasteiger charge is -2.34. The molecule has 164 valence electrons. The number of ether oxygens (including phenoxy) is 2. The Balaban J connectivity index is 1.62. The standard InChI is InChI=1S/C19H25F3N6O2/c1-3-23-18(28-6-7-29-16(12-28)15-10-26-27(2)11-15)25-9-14-4-5-17(24-8-14)30-13-19(20,21)22/h4-5,8,10-11,16H,3,6-7,9,12-13H2,1-2H3,(H,23,25). The first-order valence-electron chi connectivity index (χ1n) is 9.62. The Morgan fingerprint density at radius 3 is 2.83 bits per heavy atom. The first-order valence-corrected chi connectivity index (χ1v) is 9.62. The van der Waals surface area contributed by atoms with Gasteiger partial charge in [0.2, 0.25) is 5.88 Å². The van der Waals surface area contributed by atoms with Gasteiger partial charge in [-0.05, 0) is 12.5 Å². The van der Waals surface area contributed by atoms with Crippen molar-refractivity contribution in [1.29, 1.82) is 0 Å². The van der Waals surface area contributed by atoms with Gasteiger partial charge in [-0.25, -0.2) is 9.98 Å². The molecule has 0 aliphatic carbocycles. The lowest BCUT2D eigenvalue weighted by molar-refractivity contribution is -0.154. The fourth-order valence-electron chi connectivity index (χ4n) is 2.99. The van der Waals surface area contributed by atoms with Crippen LogP contribution >= 0.6 is 0 Å². The van der Waals surface area contributed by atoms with E-state index in [1.807, 2.05) is 20.2 Å². The van der Waals surface area contributed by atoms with Crippen LogP contribution in [0, 0.1) is 0 Å². The molecule has 3 rings (SSSR count). The van der Waals surface area contributed by atoms with E-state index in [2.05, 4.69) is 30.0 Å². The van der Waals surface area contributed by atoms with Crippen molar-refractivity contribution >= 4 is 5.96 Å². The lowest BCUT2D eigenvalue weighted by Crippen LogP contribution is -2.48. The molecule has 11 heteroatoms. The van der Waals surface area contributed by atoms with Crippen molar-refractivity contribution in [3.05, 3.63) is 41.9 Å². The Labute approximate surface area is 172 Å².